The van der Waals surface area contributed by atoms with Crippen molar-refractivity contribution in [3.8, 4) is 5.75 Å². The zero-order chi connectivity index (χ0) is 14.4. The third kappa shape index (κ3) is 3.83. The van der Waals surface area contributed by atoms with Gasteiger partial charge in [0, 0.05) is 24.9 Å². The van der Waals surface area contributed by atoms with Gasteiger partial charge in [-0.25, -0.2) is 4.98 Å². The Hall–Kier alpha value is -2.34. The van der Waals surface area contributed by atoms with Crippen LogP contribution in [0.25, 0.3) is 0 Å². The van der Waals surface area contributed by atoms with Crippen LogP contribution >= 0.6 is 0 Å². The van der Waals surface area contributed by atoms with Crippen LogP contribution in [0.1, 0.15) is 11.3 Å². The maximum absolute atomic E-state index is 11.9. The first-order valence-corrected chi connectivity index (χ1v) is 6.32. The number of hydrogen-bond acceptors (Lipinski definition) is 4. The van der Waals surface area contributed by atoms with E-state index in [-0.39, 0.29) is 5.91 Å². The fourth-order valence-electron chi connectivity index (χ4n) is 1.79. The maximum atomic E-state index is 11.9. The molecule has 4 N–H and O–H groups in total. The van der Waals surface area contributed by atoms with Crippen LogP contribution in [0.15, 0.2) is 36.8 Å². The Kier molecular flexibility index (Phi) is 4.73. The lowest BCUT2D eigenvalue weighted by Gasteiger charge is -2.11. The highest BCUT2D eigenvalue weighted by Crippen LogP contribution is 2.10. The molecule has 0 spiro atoms. The molecule has 0 aliphatic rings. The summed E-state index contributed by atoms with van der Waals surface area (Å²) in [6.07, 6.45) is 3.67. The minimum atomic E-state index is -0.589. The first kappa shape index (κ1) is 14.1. The Morgan fingerprint density at radius 1 is 1.45 bits per heavy atom. The molecule has 0 aliphatic heterocycles. The molecular weight excluding hydrogens is 256 g/mol. The summed E-state index contributed by atoms with van der Waals surface area (Å²) in [7, 11) is 1.62. The van der Waals surface area contributed by atoms with Gasteiger partial charge in [0.1, 0.15) is 5.75 Å². The van der Waals surface area contributed by atoms with Crippen molar-refractivity contribution in [1.82, 2.24) is 15.3 Å². The highest BCUT2D eigenvalue weighted by atomic mass is 16.5. The number of aromatic nitrogens is 2. The number of nitrogens with one attached hydrogen (secondary N) is 2. The predicted octanol–water partition coefficient (Wildman–Crippen LogP) is 0.604. The molecule has 0 saturated carbocycles. The van der Waals surface area contributed by atoms with Crippen molar-refractivity contribution in [1.29, 1.82) is 0 Å². The monoisotopic (exact) mass is 274 g/mol. The number of nitrogens with zero attached hydrogens (tertiary/aromatic N) is 1. The Labute approximate surface area is 117 Å². The number of ether oxygens (including phenoxy) is 1. The highest BCUT2D eigenvalue weighted by Gasteiger charge is 2.14. The van der Waals surface area contributed by atoms with Gasteiger partial charge in [0.2, 0.25) is 5.91 Å². The molecule has 0 aliphatic carbocycles. The normalized spacial score (nSPS) is 11.9. The summed E-state index contributed by atoms with van der Waals surface area (Å²) in [5, 5.41) is 2.81. The second kappa shape index (κ2) is 6.72. The van der Waals surface area contributed by atoms with Crippen molar-refractivity contribution < 1.29 is 9.53 Å². The summed E-state index contributed by atoms with van der Waals surface area (Å²) in [6, 6.07) is 6.92. The highest BCUT2D eigenvalue weighted by molar-refractivity contribution is 5.81. The van der Waals surface area contributed by atoms with Crippen LogP contribution in [0.2, 0.25) is 0 Å². The summed E-state index contributed by atoms with van der Waals surface area (Å²) >= 11 is 0. The largest absolute Gasteiger partial charge is 0.497 e. The molecule has 0 saturated heterocycles. The number of methoxy groups -OCH3 is 1. The van der Waals surface area contributed by atoms with E-state index in [1.54, 1.807) is 19.6 Å². The maximum Gasteiger partial charge on any atom is 0.237 e. The van der Waals surface area contributed by atoms with Gasteiger partial charge < -0.3 is 20.8 Å². The van der Waals surface area contributed by atoms with E-state index in [0.29, 0.717) is 13.0 Å². The average Bonchev–Trinajstić information content (AvgIpc) is 2.98. The molecule has 1 amide bonds. The van der Waals surface area contributed by atoms with Crippen LogP contribution in [-0.2, 0) is 17.8 Å². The first-order valence-electron chi connectivity index (χ1n) is 6.32. The molecule has 0 bridgehead atoms. The number of rotatable bonds is 6. The number of benzene rings is 1. The smallest absolute Gasteiger partial charge is 0.237 e. The average molecular weight is 274 g/mol. The van der Waals surface area contributed by atoms with E-state index in [1.807, 2.05) is 24.3 Å². The SMILES string of the molecule is COc1ccc(CNC(=O)[C@H](N)Cc2cnc[nH]2)cc1. The lowest BCUT2D eigenvalue weighted by Crippen LogP contribution is -2.41. The van der Waals surface area contributed by atoms with Gasteiger partial charge in [-0.05, 0) is 17.7 Å². The molecule has 1 heterocycles. The van der Waals surface area contributed by atoms with E-state index >= 15 is 0 Å². The number of hydrogen-bond donors (Lipinski definition) is 3. The van der Waals surface area contributed by atoms with Crippen LogP contribution in [0.4, 0.5) is 0 Å². The van der Waals surface area contributed by atoms with E-state index in [0.717, 1.165) is 17.0 Å². The van der Waals surface area contributed by atoms with Crippen LogP contribution in [0.5, 0.6) is 5.75 Å². The van der Waals surface area contributed by atoms with Crippen molar-refractivity contribution in [3.63, 3.8) is 0 Å². The Morgan fingerprint density at radius 3 is 2.80 bits per heavy atom. The Morgan fingerprint density at radius 2 is 2.20 bits per heavy atom. The van der Waals surface area contributed by atoms with Crippen LogP contribution in [0.3, 0.4) is 0 Å². The lowest BCUT2D eigenvalue weighted by atomic mass is 10.1. The fourth-order valence-corrected chi connectivity index (χ4v) is 1.79. The van der Waals surface area contributed by atoms with Crippen molar-refractivity contribution in [2.45, 2.75) is 19.0 Å². The number of carbonyl (C=O) groups excluding carboxylic acids is 1. The lowest BCUT2D eigenvalue weighted by molar-refractivity contribution is -0.122. The number of imidazole rings is 1. The van der Waals surface area contributed by atoms with Gasteiger partial charge in [0.05, 0.1) is 19.5 Å². The topological polar surface area (TPSA) is 93.0 Å². The molecule has 106 valence electrons. The molecule has 0 unspecified atom stereocenters. The Balaban J connectivity index is 1.81. The van der Waals surface area contributed by atoms with E-state index in [2.05, 4.69) is 15.3 Å². The quantitative estimate of drug-likeness (QED) is 0.719. The molecule has 1 aromatic carbocycles. The molecule has 6 heteroatoms. The minimum absolute atomic E-state index is 0.185. The molecule has 1 aromatic heterocycles. The van der Waals surface area contributed by atoms with Crippen LogP contribution in [0, 0.1) is 0 Å². The molecule has 20 heavy (non-hydrogen) atoms. The minimum Gasteiger partial charge on any atom is -0.497 e. The number of carbonyl (C=O) groups is 1. The zero-order valence-electron chi connectivity index (χ0n) is 11.3. The predicted molar refractivity (Wildman–Crippen MR) is 75.1 cm³/mol. The number of nitrogens with two attached hydrogens (primary N) is 1. The van der Waals surface area contributed by atoms with E-state index in [4.69, 9.17) is 10.5 Å². The second-order valence-corrected chi connectivity index (χ2v) is 4.45. The van der Waals surface area contributed by atoms with E-state index < -0.39 is 6.04 Å². The zero-order valence-corrected chi connectivity index (χ0v) is 11.3. The van der Waals surface area contributed by atoms with Gasteiger partial charge >= 0.3 is 0 Å². The van der Waals surface area contributed by atoms with E-state index in [1.165, 1.54) is 0 Å². The van der Waals surface area contributed by atoms with Crippen molar-refractivity contribution in [2.75, 3.05) is 7.11 Å². The summed E-state index contributed by atoms with van der Waals surface area (Å²) in [4.78, 5) is 18.7. The van der Waals surface area contributed by atoms with Gasteiger partial charge in [-0.15, -0.1) is 0 Å². The Bertz CT molecular complexity index is 537. The van der Waals surface area contributed by atoms with Gasteiger partial charge in [-0.1, -0.05) is 12.1 Å². The fraction of sp³-hybridized carbons (Fsp3) is 0.286. The second-order valence-electron chi connectivity index (χ2n) is 4.45. The molecule has 0 fully saturated rings. The molecular formula is C14H18N4O2. The van der Waals surface area contributed by atoms with Crippen LogP contribution < -0.4 is 15.8 Å². The summed E-state index contributed by atoms with van der Waals surface area (Å²) < 4.78 is 5.07. The molecule has 1 atom stereocenters. The van der Waals surface area contributed by atoms with E-state index in [9.17, 15) is 4.79 Å². The van der Waals surface area contributed by atoms with Gasteiger partial charge in [0.25, 0.3) is 0 Å². The van der Waals surface area contributed by atoms with Gasteiger partial charge in [0.15, 0.2) is 0 Å². The van der Waals surface area contributed by atoms with Crippen molar-refractivity contribution in [2.24, 2.45) is 5.73 Å². The molecule has 6 nitrogen and oxygen atoms in total. The molecule has 0 radical (unpaired) electrons. The summed E-state index contributed by atoms with van der Waals surface area (Å²) in [5.74, 6) is 0.603. The molecule has 2 rings (SSSR count). The number of H-pyrrole nitrogens is 1. The summed E-state index contributed by atoms with van der Waals surface area (Å²) in [5.41, 5.74) is 7.68. The van der Waals surface area contributed by atoms with Gasteiger partial charge in [-0.2, -0.15) is 0 Å². The van der Waals surface area contributed by atoms with Crippen LogP contribution in [-0.4, -0.2) is 29.0 Å². The van der Waals surface area contributed by atoms with Crippen molar-refractivity contribution >= 4 is 5.91 Å². The standard InChI is InChI=1S/C14H18N4O2/c1-20-12-4-2-10(3-5-12)7-17-14(19)13(15)6-11-8-16-9-18-11/h2-5,8-9,13H,6-7,15H2,1H3,(H,16,18)(H,17,19)/t13-/m1/s1. The third-order valence-corrected chi connectivity index (χ3v) is 2.96. The third-order valence-electron chi connectivity index (χ3n) is 2.96. The van der Waals surface area contributed by atoms with Gasteiger partial charge in [-0.3, -0.25) is 4.79 Å². The molecule has 2 aromatic rings. The number of aromatic amines is 1. The van der Waals surface area contributed by atoms with Crippen molar-refractivity contribution in [3.05, 3.63) is 48.0 Å². The number of amides is 1. The first-order chi connectivity index (χ1) is 9.69. The summed E-state index contributed by atoms with van der Waals surface area (Å²) in [6.45, 7) is 0.444.